The van der Waals surface area contributed by atoms with E-state index in [0.717, 1.165) is 47.4 Å². The molecule has 0 saturated carbocycles. The van der Waals surface area contributed by atoms with Crippen molar-refractivity contribution in [2.75, 3.05) is 13.7 Å². The number of aryl methyl sites for hydroxylation is 1. The van der Waals surface area contributed by atoms with Crippen LogP contribution in [0.15, 0.2) is 35.7 Å². The molecule has 1 amide bonds. The van der Waals surface area contributed by atoms with E-state index in [1.807, 2.05) is 23.6 Å². The lowest BCUT2D eigenvalue weighted by Crippen LogP contribution is -2.34. The average Bonchev–Trinajstić information content (AvgIpc) is 3.41. The Kier molecular flexibility index (Phi) is 5.12. The van der Waals surface area contributed by atoms with E-state index >= 15 is 0 Å². The van der Waals surface area contributed by atoms with E-state index in [9.17, 15) is 4.79 Å². The molecule has 3 heterocycles. The number of carbonyl (C=O) groups is 1. The Morgan fingerprint density at radius 1 is 1.23 bits per heavy atom. The maximum atomic E-state index is 12.8. The van der Waals surface area contributed by atoms with Crippen LogP contribution in [-0.2, 0) is 19.3 Å². The fourth-order valence-corrected chi connectivity index (χ4v) is 5.34. The van der Waals surface area contributed by atoms with Crippen molar-refractivity contribution in [1.29, 1.82) is 0 Å². The van der Waals surface area contributed by atoms with Crippen LogP contribution >= 0.6 is 11.3 Å². The number of thiophene rings is 1. The minimum atomic E-state index is -0.0919. The molecule has 30 heavy (non-hydrogen) atoms. The SMILES string of the molecule is COc1ccc(-c2cccc3c2OC(CNC(=O)c2csc4c2CCCC4)C3)nn1. The van der Waals surface area contributed by atoms with Crippen LogP contribution in [0.2, 0.25) is 0 Å². The standard InChI is InChI=1S/C23H23N3O3S/c1-28-21-10-9-19(25-26-21)17-7-4-5-14-11-15(29-22(14)17)12-24-23(27)18-13-30-20-8-3-2-6-16(18)20/h4-5,7,9-10,13,15H,2-3,6,8,11-12H2,1H3,(H,24,27). The van der Waals surface area contributed by atoms with Gasteiger partial charge in [-0.2, -0.15) is 0 Å². The third-order valence-electron chi connectivity index (χ3n) is 5.75. The van der Waals surface area contributed by atoms with Crippen molar-refractivity contribution in [3.63, 3.8) is 0 Å². The number of ether oxygens (including phenoxy) is 2. The molecular formula is C23H23N3O3S. The average molecular weight is 422 g/mol. The van der Waals surface area contributed by atoms with Gasteiger partial charge in [-0.3, -0.25) is 4.79 Å². The first-order chi connectivity index (χ1) is 14.7. The van der Waals surface area contributed by atoms with Crippen molar-refractivity contribution in [2.24, 2.45) is 0 Å². The number of hydrogen-bond acceptors (Lipinski definition) is 6. The van der Waals surface area contributed by atoms with Gasteiger partial charge in [-0.25, -0.2) is 0 Å². The van der Waals surface area contributed by atoms with Gasteiger partial charge in [0, 0.05) is 28.3 Å². The van der Waals surface area contributed by atoms with Crippen molar-refractivity contribution in [3.8, 4) is 22.9 Å². The summed E-state index contributed by atoms with van der Waals surface area (Å²) in [5.41, 5.74) is 4.86. The van der Waals surface area contributed by atoms with Crippen LogP contribution in [0.5, 0.6) is 11.6 Å². The highest BCUT2D eigenvalue weighted by atomic mass is 32.1. The van der Waals surface area contributed by atoms with Crippen LogP contribution in [0.3, 0.4) is 0 Å². The van der Waals surface area contributed by atoms with E-state index < -0.39 is 0 Å². The fraction of sp³-hybridized carbons (Fsp3) is 0.348. The largest absolute Gasteiger partial charge is 0.487 e. The number of nitrogens with one attached hydrogen (secondary N) is 1. The zero-order chi connectivity index (χ0) is 20.5. The van der Waals surface area contributed by atoms with Crippen LogP contribution in [0.4, 0.5) is 0 Å². The van der Waals surface area contributed by atoms with Crippen molar-refractivity contribution < 1.29 is 14.3 Å². The van der Waals surface area contributed by atoms with Crippen LogP contribution in [-0.4, -0.2) is 35.9 Å². The Balaban J connectivity index is 1.27. The summed E-state index contributed by atoms with van der Waals surface area (Å²) >= 11 is 1.72. The summed E-state index contributed by atoms with van der Waals surface area (Å²) in [6.45, 7) is 0.478. The molecule has 154 valence electrons. The van der Waals surface area contributed by atoms with E-state index in [1.54, 1.807) is 24.5 Å². The topological polar surface area (TPSA) is 73.3 Å². The number of carbonyl (C=O) groups excluding carboxylic acids is 1. The summed E-state index contributed by atoms with van der Waals surface area (Å²) in [6.07, 6.45) is 5.18. The molecular weight excluding hydrogens is 398 g/mol. The zero-order valence-electron chi connectivity index (χ0n) is 16.8. The molecule has 2 aromatic heterocycles. The number of aromatic nitrogens is 2. The van der Waals surface area contributed by atoms with Crippen LogP contribution in [0.25, 0.3) is 11.3 Å². The smallest absolute Gasteiger partial charge is 0.252 e. The molecule has 0 radical (unpaired) electrons. The second-order valence-corrected chi connectivity index (χ2v) is 8.63. The van der Waals surface area contributed by atoms with E-state index in [4.69, 9.17) is 9.47 Å². The second kappa shape index (κ2) is 8.07. The monoisotopic (exact) mass is 421 g/mol. The molecule has 2 aliphatic rings. The van der Waals surface area contributed by atoms with Crippen LogP contribution in [0.1, 0.15) is 39.2 Å². The number of benzene rings is 1. The lowest BCUT2D eigenvalue weighted by atomic mass is 9.95. The number of nitrogens with zero attached hydrogens (tertiary/aromatic N) is 2. The van der Waals surface area contributed by atoms with E-state index in [0.29, 0.717) is 12.4 Å². The zero-order valence-corrected chi connectivity index (χ0v) is 17.6. The Hall–Kier alpha value is -2.93. The lowest BCUT2D eigenvalue weighted by molar-refractivity contribution is 0.0933. The number of hydrogen-bond donors (Lipinski definition) is 1. The Morgan fingerprint density at radius 2 is 2.13 bits per heavy atom. The normalized spacial score (nSPS) is 17.0. The molecule has 3 aromatic rings. The summed E-state index contributed by atoms with van der Waals surface area (Å²) in [7, 11) is 1.57. The molecule has 0 fully saturated rings. The van der Waals surface area contributed by atoms with Gasteiger partial charge in [-0.1, -0.05) is 12.1 Å². The first-order valence-corrected chi connectivity index (χ1v) is 11.1. The first-order valence-electron chi connectivity index (χ1n) is 10.3. The summed E-state index contributed by atoms with van der Waals surface area (Å²) in [5, 5.41) is 13.4. The third kappa shape index (κ3) is 3.54. The molecule has 1 N–H and O–H groups in total. The summed E-state index contributed by atoms with van der Waals surface area (Å²) in [4.78, 5) is 14.1. The van der Waals surface area contributed by atoms with Gasteiger partial charge in [0.15, 0.2) is 0 Å². The van der Waals surface area contributed by atoms with Gasteiger partial charge >= 0.3 is 0 Å². The molecule has 1 unspecified atom stereocenters. The van der Waals surface area contributed by atoms with Gasteiger partial charge in [0.2, 0.25) is 5.88 Å². The number of amides is 1. The second-order valence-electron chi connectivity index (χ2n) is 7.67. The Labute approximate surface area is 179 Å². The molecule has 5 rings (SSSR count). The van der Waals surface area contributed by atoms with Crippen LogP contribution < -0.4 is 14.8 Å². The molecule has 0 spiro atoms. The van der Waals surface area contributed by atoms with Crippen molar-refractivity contribution in [2.45, 2.75) is 38.2 Å². The van der Waals surface area contributed by atoms with Gasteiger partial charge in [-0.05, 0) is 48.9 Å². The molecule has 1 aromatic carbocycles. The first kappa shape index (κ1) is 19.1. The number of fused-ring (bicyclic) bond motifs is 2. The predicted octanol–water partition coefficient (Wildman–Crippen LogP) is 3.83. The van der Waals surface area contributed by atoms with E-state index in [-0.39, 0.29) is 12.0 Å². The quantitative estimate of drug-likeness (QED) is 0.678. The Bertz CT molecular complexity index is 1080. The molecule has 0 saturated heterocycles. The minimum absolute atomic E-state index is 0.00945. The van der Waals surface area contributed by atoms with Gasteiger partial charge in [-0.15, -0.1) is 21.5 Å². The molecule has 0 bridgehead atoms. The summed E-state index contributed by atoms with van der Waals surface area (Å²) < 4.78 is 11.3. The molecule has 6 nitrogen and oxygen atoms in total. The minimum Gasteiger partial charge on any atom is -0.487 e. The summed E-state index contributed by atoms with van der Waals surface area (Å²) in [6, 6.07) is 9.71. The molecule has 7 heteroatoms. The van der Waals surface area contributed by atoms with E-state index in [2.05, 4.69) is 21.6 Å². The maximum Gasteiger partial charge on any atom is 0.252 e. The number of para-hydroxylation sites is 1. The molecule has 1 atom stereocenters. The lowest BCUT2D eigenvalue weighted by Gasteiger charge is -2.15. The van der Waals surface area contributed by atoms with Crippen LogP contribution in [0, 0.1) is 0 Å². The fourth-order valence-electron chi connectivity index (χ4n) is 4.21. The molecule has 1 aliphatic heterocycles. The predicted molar refractivity (Wildman–Crippen MR) is 115 cm³/mol. The number of rotatable bonds is 5. The number of methoxy groups -OCH3 is 1. The highest BCUT2D eigenvalue weighted by molar-refractivity contribution is 7.10. The Morgan fingerprint density at radius 3 is 2.97 bits per heavy atom. The highest BCUT2D eigenvalue weighted by Gasteiger charge is 2.27. The van der Waals surface area contributed by atoms with Gasteiger partial charge < -0.3 is 14.8 Å². The van der Waals surface area contributed by atoms with E-state index in [1.165, 1.54) is 23.3 Å². The van der Waals surface area contributed by atoms with Gasteiger partial charge in [0.25, 0.3) is 5.91 Å². The maximum absolute atomic E-state index is 12.8. The molecule has 1 aliphatic carbocycles. The highest BCUT2D eigenvalue weighted by Crippen LogP contribution is 2.38. The van der Waals surface area contributed by atoms with Crippen molar-refractivity contribution in [3.05, 3.63) is 57.3 Å². The summed E-state index contributed by atoms with van der Waals surface area (Å²) in [5.74, 6) is 1.31. The van der Waals surface area contributed by atoms with Crippen molar-refractivity contribution >= 4 is 17.2 Å². The van der Waals surface area contributed by atoms with Gasteiger partial charge in [0.05, 0.1) is 24.9 Å². The third-order valence-corrected chi connectivity index (χ3v) is 6.84. The van der Waals surface area contributed by atoms with Crippen molar-refractivity contribution in [1.82, 2.24) is 15.5 Å². The van der Waals surface area contributed by atoms with Gasteiger partial charge in [0.1, 0.15) is 11.9 Å².